The Balaban J connectivity index is 3.92. The van der Waals surface area contributed by atoms with Gasteiger partial charge in [-0.05, 0) is 0 Å². The summed E-state index contributed by atoms with van der Waals surface area (Å²) in [7, 11) is 0. The maximum Gasteiger partial charge on any atom is 0.305 e. The summed E-state index contributed by atoms with van der Waals surface area (Å²) in [4.78, 5) is 20.6. The minimum Gasteiger partial charge on any atom is -0.481 e. The second-order valence-electron chi connectivity index (χ2n) is 1.85. The third-order valence-electron chi connectivity index (χ3n) is 0.945. The standard InChI is InChI=1S/C5H8N2O4/c6-3(1-5(9)10)4(8)2-7-11/h2-3,11H,1,6H2,(H,9,10)/t3-/m0/s1. The highest BCUT2D eigenvalue weighted by molar-refractivity contribution is 6.30. The van der Waals surface area contributed by atoms with Gasteiger partial charge < -0.3 is 16.0 Å². The first-order valence-corrected chi connectivity index (χ1v) is 2.76. The van der Waals surface area contributed by atoms with Gasteiger partial charge in [-0.25, -0.2) is 0 Å². The van der Waals surface area contributed by atoms with Gasteiger partial charge in [0.2, 0.25) is 0 Å². The first-order chi connectivity index (χ1) is 5.07. The van der Waals surface area contributed by atoms with Crippen molar-refractivity contribution in [1.82, 2.24) is 0 Å². The molecule has 0 unspecified atom stereocenters. The second-order valence-corrected chi connectivity index (χ2v) is 1.85. The summed E-state index contributed by atoms with van der Waals surface area (Å²) in [6, 6.07) is -1.14. The molecule has 0 rings (SSSR count). The van der Waals surface area contributed by atoms with Crippen LogP contribution in [0.2, 0.25) is 0 Å². The van der Waals surface area contributed by atoms with E-state index in [2.05, 4.69) is 5.16 Å². The Bertz CT molecular complexity index is 189. The SMILES string of the molecule is N[C@@H](CC(=O)O)C(=O)C=NO. The predicted molar refractivity (Wildman–Crippen MR) is 35.5 cm³/mol. The quantitative estimate of drug-likeness (QED) is 0.272. The van der Waals surface area contributed by atoms with Crippen molar-refractivity contribution >= 4 is 18.0 Å². The lowest BCUT2D eigenvalue weighted by molar-refractivity contribution is -0.138. The number of nitrogens with two attached hydrogens (primary N) is 1. The van der Waals surface area contributed by atoms with Crippen molar-refractivity contribution in [3.63, 3.8) is 0 Å². The molecule has 0 aromatic rings. The fourth-order valence-electron chi connectivity index (χ4n) is 0.441. The zero-order valence-electron chi connectivity index (χ0n) is 5.60. The van der Waals surface area contributed by atoms with Crippen LogP contribution in [0.4, 0.5) is 0 Å². The monoisotopic (exact) mass is 160 g/mol. The third kappa shape index (κ3) is 4.04. The molecule has 0 saturated heterocycles. The van der Waals surface area contributed by atoms with Crippen LogP contribution >= 0.6 is 0 Å². The molecule has 0 heterocycles. The maximum absolute atomic E-state index is 10.6. The highest BCUT2D eigenvalue weighted by Crippen LogP contribution is 1.87. The van der Waals surface area contributed by atoms with E-state index in [1.807, 2.05) is 0 Å². The van der Waals surface area contributed by atoms with Crippen LogP contribution in [0.25, 0.3) is 0 Å². The van der Waals surface area contributed by atoms with Crippen LogP contribution < -0.4 is 5.73 Å². The number of carbonyl (C=O) groups is 2. The minimum absolute atomic E-state index is 0.467. The molecule has 0 aliphatic rings. The number of hydrogen-bond donors (Lipinski definition) is 3. The van der Waals surface area contributed by atoms with Crippen LogP contribution in [0.3, 0.4) is 0 Å². The summed E-state index contributed by atoms with van der Waals surface area (Å²) in [5, 5.41) is 18.4. The molecule has 4 N–H and O–H groups in total. The van der Waals surface area contributed by atoms with E-state index in [-0.39, 0.29) is 0 Å². The van der Waals surface area contributed by atoms with Crippen LogP contribution in [0.1, 0.15) is 6.42 Å². The smallest absolute Gasteiger partial charge is 0.305 e. The molecule has 11 heavy (non-hydrogen) atoms. The van der Waals surface area contributed by atoms with E-state index >= 15 is 0 Å². The van der Waals surface area contributed by atoms with Crippen LogP contribution in [-0.4, -0.2) is 34.3 Å². The topological polar surface area (TPSA) is 113 Å². The highest BCUT2D eigenvalue weighted by atomic mass is 16.4. The Morgan fingerprint density at radius 1 is 1.64 bits per heavy atom. The van der Waals surface area contributed by atoms with Crippen LogP contribution in [0, 0.1) is 0 Å². The average molecular weight is 160 g/mol. The van der Waals surface area contributed by atoms with Gasteiger partial charge in [0, 0.05) is 0 Å². The average Bonchev–Trinajstić information content (AvgIpc) is 1.86. The molecule has 0 bridgehead atoms. The van der Waals surface area contributed by atoms with Gasteiger partial charge in [-0.3, -0.25) is 9.59 Å². The fraction of sp³-hybridized carbons (Fsp3) is 0.400. The molecule has 1 atom stereocenters. The number of carboxylic acid groups (broad SMARTS) is 1. The number of Topliss-reactive ketones (excluding diaryl/α,β-unsaturated/α-hetero) is 1. The molecule has 0 saturated carbocycles. The molecular weight excluding hydrogens is 152 g/mol. The van der Waals surface area contributed by atoms with E-state index in [1.165, 1.54) is 0 Å². The van der Waals surface area contributed by atoms with Crippen LogP contribution in [0.15, 0.2) is 5.16 Å². The van der Waals surface area contributed by atoms with E-state index < -0.39 is 24.2 Å². The molecule has 0 radical (unpaired) electrons. The Morgan fingerprint density at radius 2 is 2.18 bits per heavy atom. The van der Waals surface area contributed by atoms with Crippen molar-refractivity contribution in [2.45, 2.75) is 12.5 Å². The molecule has 0 aliphatic heterocycles. The summed E-state index contributed by atoms with van der Waals surface area (Å²) < 4.78 is 0. The maximum atomic E-state index is 10.6. The molecule has 0 spiro atoms. The largest absolute Gasteiger partial charge is 0.481 e. The van der Waals surface area contributed by atoms with Crippen molar-refractivity contribution in [2.24, 2.45) is 10.9 Å². The molecular formula is C5H8N2O4. The van der Waals surface area contributed by atoms with Crippen LogP contribution in [-0.2, 0) is 9.59 Å². The predicted octanol–water partition coefficient (Wildman–Crippen LogP) is -1.18. The number of ketones is 1. The normalized spacial score (nSPS) is 13.2. The van der Waals surface area contributed by atoms with Gasteiger partial charge >= 0.3 is 5.97 Å². The number of hydrogen-bond acceptors (Lipinski definition) is 5. The van der Waals surface area contributed by atoms with Crippen molar-refractivity contribution in [3.05, 3.63) is 0 Å². The van der Waals surface area contributed by atoms with Gasteiger partial charge in [-0.15, -0.1) is 0 Å². The third-order valence-corrected chi connectivity index (χ3v) is 0.945. The Kier molecular flexibility index (Phi) is 3.82. The molecule has 0 aliphatic carbocycles. The zero-order valence-corrected chi connectivity index (χ0v) is 5.60. The van der Waals surface area contributed by atoms with E-state index in [4.69, 9.17) is 16.0 Å². The minimum atomic E-state index is -1.17. The lowest BCUT2D eigenvalue weighted by Crippen LogP contribution is -2.33. The van der Waals surface area contributed by atoms with Crippen molar-refractivity contribution in [3.8, 4) is 0 Å². The molecule has 0 amide bonds. The molecule has 6 heteroatoms. The summed E-state index contributed by atoms with van der Waals surface area (Å²) >= 11 is 0. The van der Waals surface area contributed by atoms with Gasteiger partial charge in [-0.2, -0.15) is 0 Å². The van der Waals surface area contributed by atoms with E-state index in [0.717, 1.165) is 0 Å². The van der Waals surface area contributed by atoms with Crippen molar-refractivity contribution in [1.29, 1.82) is 0 Å². The lowest BCUT2D eigenvalue weighted by atomic mass is 10.1. The summed E-state index contributed by atoms with van der Waals surface area (Å²) in [5.74, 6) is -1.88. The van der Waals surface area contributed by atoms with Gasteiger partial charge in [0.25, 0.3) is 0 Å². The van der Waals surface area contributed by atoms with Gasteiger partial charge in [-0.1, -0.05) is 5.16 Å². The number of oxime groups is 1. The Hall–Kier alpha value is -1.43. The van der Waals surface area contributed by atoms with E-state index in [1.54, 1.807) is 0 Å². The van der Waals surface area contributed by atoms with E-state index in [9.17, 15) is 9.59 Å². The number of nitrogens with zero attached hydrogens (tertiary/aromatic N) is 1. The molecule has 0 aromatic carbocycles. The summed E-state index contributed by atoms with van der Waals surface area (Å²) in [5.41, 5.74) is 5.07. The van der Waals surface area contributed by atoms with Gasteiger partial charge in [0.1, 0.15) is 6.21 Å². The number of carboxylic acids is 1. The Morgan fingerprint density at radius 3 is 2.55 bits per heavy atom. The number of carbonyl (C=O) groups excluding carboxylic acids is 1. The zero-order chi connectivity index (χ0) is 8.85. The molecule has 0 aromatic heterocycles. The number of rotatable bonds is 4. The summed E-state index contributed by atoms with van der Waals surface area (Å²) in [6.07, 6.45) is 0.110. The second kappa shape index (κ2) is 4.40. The van der Waals surface area contributed by atoms with Crippen LogP contribution in [0.5, 0.6) is 0 Å². The van der Waals surface area contributed by atoms with Crippen molar-refractivity contribution < 1.29 is 19.9 Å². The van der Waals surface area contributed by atoms with Crippen molar-refractivity contribution in [2.75, 3.05) is 0 Å². The van der Waals surface area contributed by atoms with Gasteiger partial charge in [0.05, 0.1) is 12.5 Å². The fourth-order valence-corrected chi connectivity index (χ4v) is 0.441. The molecule has 6 nitrogen and oxygen atoms in total. The van der Waals surface area contributed by atoms with E-state index in [0.29, 0.717) is 6.21 Å². The molecule has 62 valence electrons. The van der Waals surface area contributed by atoms with Gasteiger partial charge in [0.15, 0.2) is 5.78 Å². The first-order valence-electron chi connectivity index (χ1n) is 2.76. The first kappa shape index (κ1) is 9.57. The molecule has 0 fully saturated rings. The number of aliphatic carboxylic acids is 1. The highest BCUT2D eigenvalue weighted by Gasteiger charge is 2.14. The summed E-state index contributed by atoms with van der Waals surface area (Å²) in [6.45, 7) is 0. The Labute approximate surface area is 62.3 Å². The lowest BCUT2D eigenvalue weighted by Gasteiger charge is -2.01.